The third-order valence-corrected chi connectivity index (χ3v) is 5.65. The summed E-state index contributed by atoms with van der Waals surface area (Å²) in [6.45, 7) is 8.88. The van der Waals surface area contributed by atoms with Gasteiger partial charge < -0.3 is 10.6 Å². The van der Waals surface area contributed by atoms with Crippen LogP contribution in [0, 0.1) is 0 Å². The summed E-state index contributed by atoms with van der Waals surface area (Å²) in [6.07, 6.45) is 0. The first-order valence-electron chi connectivity index (χ1n) is 7.79. The molecule has 0 fully saturated rings. The molecule has 2 N–H and O–H groups in total. The molecular weight excluding hydrogens is 350 g/mol. The molecule has 6 nitrogen and oxygen atoms in total. The Hall–Kier alpha value is -1.15. The zero-order valence-corrected chi connectivity index (χ0v) is 16.5. The molecule has 0 saturated carbocycles. The van der Waals surface area contributed by atoms with Crippen molar-refractivity contribution >= 4 is 28.3 Å². The van der Waals surface area contributed by atoms with Crippen LogP contribution >= 0.6 is 12.4 Å². The number of hydrogen-bond acceptors (Lipinski definition) is 4. The summed E-state index contributed by atoms with van der Waals surface area (Å²) >= 11 is 0. The van der Waals surface area contributed by atoms with E-state index in [-0.39, 0.29) is 35.3 Å². The highest BCUT2D eigenvalue weighted by atomic mass is 35.5. The summed E-state index contributed by atoms with van der Waals surface area (Å²) in [6, 6.07) is 6.13. The lowest BCUT2D eigenvalue weighted by Crippen LogP contribution is -2.38. The van der Waals surface area contributed by atoms with Crippen LogP contribution in [0.15, 0.2) is 29.2 Å². The Labute approximate surface area is 151 Å². The first-order valence-corrected chi connectivity index (χ1v) is 9.23. The summed E-state index contributed by atoms with van der Waals surface area (Å²) in [5, 5.41) is 6.00. The van der Waals surface area contributed by atoms with E-state index in [1.165, 1.54) is 23.5 Å². The van der Waals surface area contributed by atoms with E-state index < -0.39 is 10.0 Å². The van der Waals surface area contributed by atoms with E-state index in [0.29, 0.717) is 12.1 Å². The maximum Gasteiger partial charge on any atom is 0.251 e. The summed E-state index contributed by atoms with van der Waals surface area (Å²) in [4.78, 5) is 12.3. The van der Waals surface area contributed by atoms with Gasteiger partial charge in [-0.25, -0.2) is 8.42 Å². The van der Waals surface area contributed by atoms with Gasteiger partial charge in [-0.3, -0.25) is 4.79 Å². The maximum absolute atomic E-state index is 12.5. The number of hydrogen-bond donors (Lipinski definition) is 2. The normalized spacial score (nSPS) is 12.8. The quantitative estimate of drug-likeness (QED) is 0.724. The van der Waals surface area contributed by atoms with Gasteiger partial charge in [-0.15, -0.1) is 12.4 Å². The SMILES string of the molecule is CCN[C@H](C)CNC(=O)c1cccc(S(=O)(=O)N(C)C(C)C)c1.Cl. The van der Waals surface area contributed by atoms with E-state index in [9.17, 15) is 13.2 Å². The van der Waals surface area contributed by atoms with Crippen LogP contribution in [0.2, 0.25) is 0 Å². The molecule has 138 valence electrons. The molecule has 24 heavy (non-hydrogen) atoms. The molecule has 0 aliphatic carbocycles. The van der Waals surface area contributed by atoms with E-state index in [1.807, 2.05) is 13.8 Å². The Morgan fingerprint density at radius 1 is 1.25 bits per heavy atom. The summed E-state index contributed by atoms with van der Waals surface area (Å²) in [5.41, 5.74) is 0.340. The number of carbonyl (C=O) groups is 1. The molecule has 1 amide bonds. The van der Waals surface area contributed by atoms with Crippen LogP contribution in [-0.4, -0.2) is 50.9 Å². The topological polar surface area (TPSA) is 78.5 Å². The van der Waals surface area contributed by atoms with Crippen LogP contribution in [0.4, 0.5) is 0 Å². The zero-order chi connectivity index (χ0) is 17.6. The van der Waals surface area contributed by atoms with Crippen molar-refractivity contribution in [1.29, 1.82) is 0 Å². The minimum Gasteiger partial charge on any atom is -0.350 e. The Balaban J connectivity index is 0.00000529. The second kappa shape index (κ2) is 9.98. The number of likely N-dealkylation sites (N-methyl/N-ethyl adjacent to an activating group) is 1. The van der Waals surface area contributed by atoms with Crippen LogP contribution in [0.3, 0.4) is 0 Å². The minimum atomic E-state index is -3.59. The number of halogens is 1. The van der Waals surface area contributed by atoms with E-state index in [2.05, 4.69) is 10.6 Å². The molecule has 1 aromatic carbocycles. The van der Waals surface area contributed by atoms with Crippen LogP contribution < -0.4 is 10.6 Å². The molecule has 0 spiro atoms. The van der Waals surface area contributed by atoms with Crippen LogP contribution in [0.5, 0.6) is 0 Å². The van der Waals surface area contributed by atoms with Gasteiger partial charge in [0.15, 0.2) is 0 Å². The van der Waals surface area contributed by atoms with E-state index in [0.717, 1.165) is 6.54 Å². The standard InChI is InChI=1S/C16H27N3O3S.ClH/c1-6-17-13(4)11-18-16(20)14-8-7-9-15(10-14)23(21,22)19(5)12(2)3;/h7-10,12-13,17H,6,11H2,1-5H3,(H,18,20);1H/t13-;/m1./s1. The Kier molecular flexibility index (Phi) is 9.50. The molecule has 8 heteroatoms. The van der Waals surface area contributed by atoms with Gasteiger partial charge in [0.25, 0.3) is 5.91 Å². The van der Waals surface area contributed by atoms with Gasteiger partial charge in [0.2, 0.25) is 10.0 Å². The number of benzene rings is 1. The molecule has 0 aliphatic rings. The highest BCUT2D eigenvalue weighted by Crippen LogP contribution is 2.17. The molecule has 0 aliphatic heterocycles. The number of sulfonamides is 1. The largest absolute Gasteiger partial charge is 0.350 e. The molecule has 0 heterocycles. The molecule has 0 radical (unpaired) electrons. The predicted octanol–water partition coefficient (Wildman–Crippen LogP) is 1.87. The van der Waals surface area contributed by atoms with Crippen molar-refractivity contribution in [2.24, 2.45) is 0 Å². The monoisotopic (exact) mass is 377 g/mol. The first-order chi connectivity index (χ1) is 10.7. The number of rotatable bonds is 8. The zero-order valence-electron chi connectivity index (χ0n) is 14.9. The maximum atomic E-state index is 12.5. The molecule has 0 bridgehead atoms. The molecular formula is C16H28ClN3O3S. The number of carbonyl (C=O) groups excluding carboxylic acids is 1. The number of amides is 1. The fourth-order valence-electron chi connectivity index (χ4n) is 2.01. The van der Waals surface area contributed by atoms with Crippen molar-refractivity contribution in [2.45, 2.75) is 44.7 Å². The second-order valence-corrected chi connectivity index (χ2v) is 7.81. The van der Waals surface area contributed by atoms with Gasteiger partial charge in [0.1, 0.15) is 0 Å². The molecule has 1 atom stereocenters. The lowest BCUT2D eigenvalue weighted by Gasteiger charge is -2.21. The van der Waals surface area contributed by atoms with Gasteiger partial charge in [0.05, 0.1) is 4.90 Å². The Bertz CT molecular complexity index is 635. The average molecular weight is 378 g/mol. The fourth-order valence-corrected chi connectivity index (χ4v) is 3.42. The van der Waals surface area contributed by atoms with E-state index in [4.69, 9.17) is 0 Å². The average Bonchev–Trinajstić information content (AvgIpc) is 2.52. The minimum absolute atomic E-state index is 0. The molecule has 0 saturated heterocycles. The van der Waals surface area contributed by atoms with E-state index in [1.54, 1.807) is 26.0 Å². The lowest BCUT2D eigenvalue weighted by atomic mass is 10.2. The van der Waals surface area contributed by atoms with Crippen molar-refractivity contribution in [3.63, 3.8) is 0 Å². The Morgan fingerprint density at radius 3 is 2.42 bits per heavy atom. The second-order valence-electron chi connectivity index (χ2n) is 5.81. The number of nitrogens with one attached hydrogen (secondary N) is 2. The van der Waals surface area contributed by atoms with E-state index >= 15 is 0 Å². The van der Waals surface area contributed by atoms with Crippen molar-refractivity contribution in [3.05, 3.63) is 29.8 Å². The van der Waals surface area contributed by atoms with Crippen molar-refractivity contribution in [3.8, 4) is 0 Å². The van der Waals surface area contributed by atoms with Gasteiger partial charge in [-0.2, -0.15) is 4.31 Å². The van der Waals surface area contributed by atoms with Gasteiger partial charge >= 0.3 is 0 Å². The molecule has 0 unspecified atom stereocenters. The fraction of sp³-hybridized carbons (Fsp3) is 0.562. The Morgan fingerprint density at radius 2 is 1.88 bits per heavy atom. The smallest absolute Gasteiger partial charge is 0.251 e. The lowest BCUT2D eigenvalue weighted by molar-refractivity contribution is 0.0950. The third-order valence-electron chi connectivity index (χ3n) is 3.62. The van der Waals surface area contributed by atoms with Gasteiger partial charge in [-0.05, 0) is 45.5 Å². The van der Waals surface area contributed by atoms with Crippen LogP contribution in [0.25, 0.3) is 0 Å². The molecule has 1 rings (SSSR count). The number of nitrogens with zero attached hydrogens (tertiary/aromatic N) is 1. The van der Waals surface area contributed by atoms with Crippen molar-refractivity contribution in [1.82, 2.24) is 14.9 Å². The third kappa shape index (κ3) is 6.05. The first kappa shape index (κ1) is 22.9. The van der Waals surface area contributed by atoms with Crippen LogP contribution in [0.1, 0.15) is 38.1 Å². The van der Waals surface area contributed by atoms with Gasteiger partial charge in [0, 0.05) is 31.2 Å². The molecule has 1 aromatic rings. The summed E-state index contributed by atoms with van der Waals surface area (Å²) in [5.74, 6) is -0.279. The highest BCUT2D eigenvalue weighted by Gasteiger charge is 2.23. The summed E-state index contributed by atoms with van der Waals surface area (Å²) in [7, 11) is -2.06. The van der Waals surface area contributed by atoms with Crippen molar-refractivity contribution in [2.75, 3.05) is 20.1 Å². The van der Waals surface area contributed by atoms with Crippen molar-refractivity contribution < 1.29 is 13.2 Å². The van der Waals surface area contributed by atoms with Crippen LogP contribution in [-0.2, 0) is 10.0 Å². The summed E-state index contributed by atoms with van der Waals surface area (Å²) < 4.78 is 26.3. The predicted molar refractivity (Wildman–Crippen MR) is 99.2 cm³/mol. The molecule has 0 aromatic heterocycles. The highest BCUT2D eigenvalue weighted by molar-refractivity contribution is 7.89. The van der Waals surface area contributed by atoms with Gasteiger partial charge in [-0.1, -0.05) is 13.0 Å².